The quantitative estimate of drug-likeness (QED) is 0.154. The lowest BCUT2D eigenvalue weighted by molar-refractivity contribution is -0.384. The van der Waals surface area contributed by atoms with Gasteiger partial charge < -0.3 is 5.11 Å². The van der Waals surface area contributed by atoms with Gasteiger partial charge in [-0.25, -0.2) is 4.98 Å². The lowest BCUT2D eigenvalue weighted by Gasteiger charge is -2.22. The summed E-state index contributed by atoms with van der Waals surface area (Å²) in [6.45, 7) is 0. The molecule has 1 aliphatic heterocycles. The zero-order valence-electron chi connectivity index (χ0n) is 16.9. The van der Waals surface area contributed by atoms with Gasteiger partial charge in [-0.1, -0.05) is 65.9 Å². The van der Waals surface area contributed by atoms with E-state index in [2.05, 4.69) is 4.98 Å². The van der Waals surface area contributed by atoms with Crippen LogP contribution >= 0.6 is 11.3 Å². The second-order valence-corrected chi connectivity index (χ2v) is 8.36. The van der Waals surface area contributed by atoms with Gasteiger partial charge in [0.2, 0.25) is 0 Å². The molecule has 4 aromatic rings. The molecule has 1 unspecified atom stereocenters. The minimum atomic E-state index is -1.08. The van der Waals surface area contributed by atoms with Crippen molar-refractivity contribution in [3.05, 3.63) is 106 Å². The molecule has 2 heterocycles. The van der Waals surface area contributed by atoms with E-state index in [0.717, 1.165) is 4.70 Å². The number of nitrogens with zero attached hydrogens (tertiary/aromatic N) is 3. The van der Waals surface area contributed by atoms with E-state index < -0.39 is 22.7 Å². The molecule has 1 amide bonds. The van der Waals surface area contributed by atoms with Gasteiger partial charge >= 0.3 is 5.91 Å². The number of para-hydroxylation sites is 1. The van der Waals surface area contributed by atoms with Crippen LogP contribution in [0.15, 0.2) is 84.4 Å². The number of nitro benzene ring substituents is 1. The highest BCUT2D eigenvalue weighted by molar-refractivity contribution is 7.22. The van der Waals surface area contributed by atoms with Gasteiger partial charge in [-0.05, 0) is 17.7 Å². The van der Waals surface area contributed by atoms with Crippen LogP contribution in [0.1, 0.15) is 17.2 Å². The Kier molecular flexibility index (Phi) is 4.95. The number of benzene rings is 3. The van der Waals surface area contributed by atoms with Gasteiger partial charge in [0, 0.05) is 17.7 Å². The Balaban J connectivity index is 1.76. The number of aliphatic hydroxyl groups is 1. The molecule has 0 saturated carbocycles. The molecule has 1 N–H and O–H groups in total. The molecule has 1 aromatic heterocycles. The van der Waals surface area contributed by atoms with E-state index in [0.29, 0.717) is 16.6 Å². The third-order valence-electron chi connectivity index (χ3n) is 5.38. The predicted molar refractivity (Wildman–Crippen MR) is 124 cm³/mol. The number of carbonyl (C=O) groups excluding carboxylic acids is 2. The van der Waals surface area contributed by atoms with Gasteiger partial charge in [0.15, 0.2) is 5.13 Å². The smallest absolute Gasteiger partial charge is 0.301 e. The first kappa shape index (κ1) is 20.5. The summed E-state index contributed by atoms with van der Waals surface area (Å²) in [5.41, 5.74) is 0.990. The number of Topliss-reactive ketones (excluding diaryl/α,β-unsaturated/α-hetero) is 1. The van der Waals surface area contributed by atoms with Crippen molar-refractivity contribution in [2.75, 3.05) is 4.90 Å². The number of anilines is 1. The molecule has 33 heavy (non-hydrogen) atoms. The molecule has 3 aromatic carbocycles. The second kappa shape index (κ2) is 7.95. The van der Waals surface area contributed by atoms with Crippen LogP contribution < -0.4 is 4.90 Å². The van der Waals surface area contributed by atoms with E-state index in [1.807, 2.05) is 18.2 Å². The van der Waals surface area contributed by atoms with E-state index in [4.69, 9.17) is 0 Å². The molecule has 5 rings (SSSR count). The van der Waals surface area contributed by atoms with Crippen molar-refractivity contribution in [1.82, 2.24) is 4.98 Å². The highest BCUT2D eigenvalue weighted by Crippen LogP contribution is 2.44. The Labute approximate surface area is 191 Å². The fourth-order valence-corrected chi connectivity index (χ4v) is 4.86. The van der Waals surface area contributed by atoms with Crippen LogP contribution in [0.3, 0.4) is 0 Å². The zero-order valence-corrected chi connectivity index (χ0v) is 17.7. The van der Waals surface area contributed by atoms with Crippen molar-refractivity contribution >= 4 is 49.8 Å². The van der Waals surface area contributed by atoms with Crippen LogP contribution in [0.25, 0.3) is 16.0 Å². The van der Waals surface area contributed by atoms with Crippen molar-refractivity contribution in [3.8, 4) is 0 Å². The largest absolute Gasteiger partial charge is 0.507 e. The van der Waals surface area contributed by atoms with E-state index in [1.165, 1.54) is 34.4 Å². The summed E-state index contributed by atoms with van der Waals surface area (Å²) < 4.78 is 0.815. The number of ketones is 1. The third-order valence-corrected chi connectivity index (χ3v) is 6.41. The van der Waals surface area contributed by atoms with Crippen LogP contribution in [0.4, 0.5) is 10.8 Å². The van der Waals surface area contributed by atoms with Crippen molar-refractivity contribution in [3.63, 3.8) is 0 Å². The summed E-state index contributed by atoms with van der Waals surface area (Å²) in [6, 6.07) is 20.3. The van der Waals surface area contributed by atoms with E-state index >= 15 is 0 Å². The van der Waals surface area contributed by atoms with Gasteiger partial charge in [0.1, 0.15) is 5.76 Å². The van der Waals surface area contributed by atoms with Crippen LogP contribution in [-0.4, -0.2) is 26.7 Å². The number of carbonyl (C=O) groups is 2. The first-order valence-electron chi connectivity index (χ1n) is 9.92. The Morgan fingerprint density at radius 1 is 1.00 bits per heavy atom. The van der Waals surface area contributed by atoms with E-state index in [-0.39, 0.29) is 22.2 Å². The highest BCUT2D eigenvalue weighted by Gasteiger charge is 2.48. The summed E-state index contributed by atoms with van der Waals surface area (Å²) in [7, 11) is 0. The normalized spacial score (nSPS) is 17.6. The molecule has 162 valence electrons. The topological polar surface area (TPSA) is 114 Å². The van der Waals surface area contributed by atoms with Crippen LogP contribution in [0.5, 0.6) is 0 Å². The summed E-state index contributed by atoms with van der Waals surface area (Å²) >= 11 is 1.22. The SMILES string of the molecule is O=C1C(=O)N(c2nc3ccccc3s2)C(c2cccc([N+](=O)[O-])c2)C1=C(O)c1ccccc1. The highest BCUT2D eigenvalue weighted by atomic mass is 32.1. The molecule has 1 fully saturated rings. The maximum absolute atomic E-state index is 13.2. The molecule has 1 atom stereocenters. The van der Waals surface area contributed by atoms with Gasteiger partial charge in [-0.2, -0.15) is 0 Å². The zero-order chi connectivity index (χ0) is 23.1. The van der Waals surface area contributed by atoms with Crippen LogP contribution in [-0.2, 0) is 9.59 Å². The number of aliphatic hydroxyl groups excluding tert-OH is 1. The number of hydrogen-bond donors (Lipinski definition) is 1. The lowest BCUT2D eigenvalue weighted by Crippen LogP contribution is -2.29. The molecule has 1 saturated heterocycles. The number of thiazole rings is 1. The maximum Gasteiger partial charge on any atom is 0.301 e. The number of rotatable bonds is 4. The van der Waals surface area contributed by atoms with Crippen molar-refractivity contribution in [2.45, 2.75) is 6.04 Å². The molecular weight excluding hydrogens is 442 g/mol. The Morgan fingerprint density at radius 2 is 1.73 bits per heavy atom. The second-order valence-electron chi connectivity index (χ2n) is 7.35. The molecule has 0 spiro atoms. The predicted octanol–water partition coefficient (Wildman–Crippen LogP) is 4.83. The van der Waals surface area contributed by atoms with E-state index in [1.54, 1.807) is 42.5 Å². The van der Waals surface area contributed by atoms with E-state index in [9.17, 15) is 24.8 Å². The number of non-ortho nitro benzene ring substituents is 1. The number of amides is 1. The molecule has 0 radical (unpaired) electrons. The third kappa shape index (κ3) is 3.44. The van der Waals surface area contributed by atoms with Gasteiger partial charge in [0.05, 0.1) is 26.8 Å². The fraction of sp³-hybridized carbons (Fsp3) is 0.0417. The summed E-state index contributed by atoms with van der Waals surface area (Å²) in [5, 5.41) is 22.7. The van der Waals surface area contributed by atoms with Crippen molar-refractivity contribution < 1.29 is 19.6 Å². The molecular formula is C24H15N3O5S. The van der Waals surface area contributed by atoms with Gasteiger partial charge in [-0.3, -0.25) is 24.6 Å². The Bertz CT molecular complexity index is 1430. The Hall–Kier alpha value is -4.37. The number of nitro groups is 1. The molecule has 8 nitrogen and oxygen atoms in total. The number of fused-ring (bicyclic) bond motifs is 1. The molecule has 9 heteroatoms. The Morgan fingerprint density at radius 3 is 2.45 bits per heavy atom. The average molecular weight is 457 g/mol. The standard InChI is InChI=1S/C24H15N3O5S/c28-21(14-7-2-1-3-8-14)19-20(15-9-6-10-16(13-15)27(31)32)26(23(30)22(19)29)24-25-17-11-4-5-12-18(17)33-24/h1-13,20,28H. The van der Waals surface area contributed by atoms with Crippen LogP contribution in [0, 0.1) is 10.1 Å². The van der Waals surface area contributed by atoms with Crippen molar-refractivity contribution in [1.29, 1.82) is 0 Å². The fourth-order valence-electron chi connectivity index (χ4n) is 3.87. The average Bonchev–Trinajstić information content (AvgIpc) is 3.38. The first-order chi connectivity index (χ1) is 16.0. The number of aromatic nitrogens is 1. The lowest BCUT2D eigenvalue weighted by atomic mass is 9.95. The first-order valence-corrected chi connectivity index (χ1v) is 10.7. The minimum absolute atomic E-state index is 0.147. The number of hydrogen-bond acceptors (Lipinski definition) is 7. The van der Waals surface area contributed by atoms with Gasteiger partial charge in [0.25, 0.3) is 11.5 Å². The van der Waals surface area contributed by atoms with Crippen molar-refractivity contribution in [2.24, 2.45) is 0 Å². The van der Waals surface area contributed by atoms with Crippen LogP contribution in [0.2, 0.25) is 0 Å². The molecule has 0 aliphatic carbocycles. The minimum Gasteiger partial charge on any atom is -0.507 e. The maximum atomic E-state index is 13.2. The summed E-state index contributed by atoms with van der Waals surface area (Å²) in [6.07, 6.45) is 0. The summed E-state index contributed by atoms with van der Waals surface area (Å²) in [5.74, 6) is -2.09. The molecule has 0 bridgehead atoms. The van der Waals surface area contributed by atoms with Gasteiger partial charge in [-0.15, -0.1) is 0 Å². The molecule has 1 aliphatic rings. The monoisotopic (exact) mass is 457 g/mol. The summed E-state index contributed by atoms with van der Waals surface area (Å²) in [4.78, 5) is 42.9.